The van der Waals surface area contributed by atoms with Crippen LogP contribution in [0.15, 0.2) is 54.6 Å². The number of allylic oxidation sites excluding steroid dienone is 4. The zero-order chi connectivity index (χ0) is 14.8. The van der Waals surface area contributed by atoms with Gasteiger partial charge in [0.2, 0.25) is 0 Å². The molecule has 0 saturated heterocycles. The summed E-state index contributed by atoms with van der Waals surface area (Å²) in [6.45, 7) is 6.09. The minimum absolute atomic E-state index is 0.349. The van der Waals surface area contributed by atoms with Crippen LogP contribution in [0, 0.1) is 0 Å². The highest BCUT2D eigenvalue weighted by Crippen LogP contribution is 2.35. The number of hydrogen-bond donors (Lipinski definition) is 0. The largest absolute Gasteiger partial charge is 0.299 e. The van der Waals surface area contributed by atoms with Crippen LogP contribution in [-0.2, 0) is 10.2 Å². The van der Waals surface area contributed by atoms with E-state index in [2.05, 4.69) is 31.2 Å². The molecule has 1 rings (SSSR count). The maximum absolute atomic E-state index is 12.8. The zero-order valence-corrected chi connectivity index (χ0v) is 12.9. The summed E-state index contributed by atoms with van der Waals surface area (Å²) in [4.78, 5) is 12.8. The fourth-order valence-electron chi connectivity index (χ4n) is 2.57. The number of hydrogen-bond acceptors (Lipinski definition) is 1. The van der Waals surface area contributed by atoms with E-state index in [0.717, 1.165) is 24.8 Å². The fraction of sp³-hybridized carbons (Fsp3) is 0.421. The first-order valence-electron chi connectivity index (χ1n) is 7.52. The Bertz CT molecular complexity index is 440. The standard InChI is InChI=1S/C19H26O/c1-4-7-15-19(16-8-5-2,18(20)12-6-3)17-13-10-9-11-14-17/h4-5,7-11,13-14H,6,12,15-16H2,1-3H3/b7-4+,8-5+. The van der Waals surface area contributed by atoms with E-state index in [1.54, 1.807) is 0 Å². The van der Waals surface area contributed by atoms with E-state index < -0.39 is 5.41 Å². The molecule has 0 amide bonds. The molecule has 108 valence electrons. The molecular weight excluding hydrogens is 244 g/mol. The highest BCUT2D eigenvalue weighted by molar-refractivity contribution is 5.90. The van der Waals surface area contributed by atoms with Gasteiger partial charge >= 0.3 is 0 Å². The predicted molar refractivity (Wildman–Crippen MR) is 86.9 cm³/mol. The second-order valence-corrected chi connectivity index (χ2v) is 5.17. The van der Waals surface area contributed by atoms with Crippen LogP contribution in [0.3, 0.4) is 0 Å². The monoisotopic (exact) mass is 270 g/mol. The molecule has 0 aromatic heterocycles. The summed E-state index contributed by atoms with van der Waals surface area (Å²) in [5.74, 6) is 0.349. The third-order valence-corrected chi connectivity index (χ3v) is 3.74. The molecule has 0 radical (unpaired) electrons. The van der Waals surface area contributed by atoms with Crippen molar-refractivity contribution >= 4 is 5.78 Å². The molecule has 0 spiro atoms. The molecule has 20 heavy (non-hydrogen) atoms. The Morgan fingerprint density at radius 1 is 1.05 bits per heavy atom. The van der Waals surface area contributed by atoms with E-state index in [4.69, 9.17) is 0 Å². The van der Waals surface area contributed by atoms with Crippen molar-refractivity contribution in [3.8, 4) is 0 Å². The Hall–Kier alpha value is -1.63. The van der Waals surface area contributed by atoms with Crippen LogP contribution >= 0.6 is 0 Å². The van der Waals surface area contributed by atoms with Crippen LogP contribution in [0.4, 0.5) is 0 Å². The van der Waals surface area contributed by atoms with Crippen molar-refractivity contribution in [3.63, 3.8) is 0 Å². The topological polar surface area (TPSA) is 17.1 Å². The van der Waals surface area contributed by atoms with E-state index in [1.165, 1.54) is 0 Å². The highest BCUT2D eigenvalue weighted by Gasteiger charge is 2.36. The van der Waals surface area contributed by atoms with Gasteiger partial charge in [-0.25, -0.2) is 0 Å². The fourth-order valence-corrected chi connectivity index (χ4v) is 2.57. The molecule has 0 aliphatic rings. The van der Waals surface area contributed by atoms with Crippen molar-refractivity contribution < 1.29 is 4.79 Å². The Labute approximate surface area is 123 Å². The van der Waals surface area contributed by atoms with Gasteiger partial charge in [-0.1, -0.05) is 61.6 Å². The lowest BCUT2D eigenvalue weighted by Crippen LogP contribution is -2.35. The van der Waals surface area contributed by atoms with Gasteiger partial charge in [0.05, 0.1) is 5.41 Å². The molecule has 0 aliphatic heterocycles. The van der Waals surface area contributed by atoms with Gasteiger partial charge in [0.1, 0.15) is 5.78 Å². The Kier molecular flexibility index (Phi) is 7.00. The maximum Gasteiger partial charge on any atom is 0.144 e. The summed E-state index contributed by atoms with van der Waals surface area (Å²) in [7, 11) is 0. The lowest BCUT2D eigenvalue weighted by Gasteiger charge is -2.31. The number of rotatable bonds is 8. The maximum atomic E-state index is 12.8. The summed E-state index contributed by atoms with van der Waals surface area (Å²) < 4.78 is 0. The lowest BCUT2D eigenvalue weighted by atomic mass is 9.70. The molecule has 0 N–H and O–H groups in total. The van der Waals surface area contributed by atoms with Gasteiger partial charge in [-0.05, 0) is 38.7 Å². The molecule has 1 aromatic rings. The average Bonchev–Trinajstić information content (AvgIpc) is 2.49. The van der Waals surface area contributed by atoms with Crippen LogP contribution in [0.5, 0.6) is 0 Å². The Balaban J connectivity index is 3.27. The van der Waals surface area contributed by atoms with Gasteiger partial charge in [0, 0.05) is 6.42 Å². The molecule has 0 bridgehead atoms. The quantitative estimate of drug-likeness (QED) is 0.591. The molecule has 1 heteroatoms. The minimum atomic E-state index is -0.406. The normalized spacial score (nSPS) is 12.3. The third kappa shape index (κ3) is 3.93. The minimum Gasteiger partial charge on any atom is -0.299 e. The van der Waals surface area contributed by atoms with Gasteiger partial charge in [-0.15, -0.1) is 0 Å². The van der Waals surface area contributed by atoms with Crippen LogP contribution in [0.25, 0.3) is 0 Å². The smallest absolute Gasteiger partial charge is 0.144 e. The second-order valence-electron chi connectivity index (χ2n) is 5.17. The van der Waals surface area contributed by atoms with Crippen LogP contribution in [0.2, 0.25) is 0 Å². The highest BCUT2D eigenvalue weighted by atomic mass is 16.1. The number of carbonyl (C=O) groups is 1. The van der Waals surface area contributed by atoms with E-state index >= 15 is 0 Å². The second kappa shape index (κ2) is 8.52. The zero-order valence-electron chi connectivity index (χ0n) is 12.9. The molecule has 0 heterocycles. The molecule has 0 unspecified atom stereocenters. The van der Waals surface area contributed by atoms with Gasteiger partial charge in [0.15, 0.2) is 0 Å². The van der Waals surface area contributed by atoms with Crippen molar-refractivity contribution in [1.82, 2.24) is 0 Å². The molecular formula is C19H26O. The summed E-state index contributed by atoms with van der Waals surface area (Å²) in [5.41, 5.74) is 0.727. The van der Waals surface area contributed by atoms with Gasteiger partial charge in [0.25, 0.3) is 0 Å². The van der Waals surface area contributed by atoms with E-state index in [-0.39, 0.29) is 0 Å². The van der Waals surface area contributed by atoms with Crippen LogP contribution in [-0.4, -0.2) is 5.78 Å². The lowest BCUT2D eigenvalue weighted by molar-refractivity contribution is -0.124. The molecule has 0 aliphatic carbocycles. The first-order chi connectivity index (χ1) is 9.71. The molecule has 1 nitrogen and oxygen atoms in total. The first kappa shape index (κ1) is 16.4. The average molecular weight is 270 g/mol. The van der Waals surface area contributed by atoms with Crippen LogP contribution < -0.4 is 0 Å². The van der Waals surface area contributed by atoms with Crippen molar-refractivity contribution in [2.45, 2.75) is 51.9 Å². The molecule has 0 fully saturated rings. The Morgan fingerprint density at radius 2 is 1.60 bits per heavy atom. The number of ketones is 1. The first-order valence-corrected chi connectivity index (χ1v) is 7.52. The van der Waals surface area contributed by atoms with Crippen molar-refractivity contribution in [3.05, 3.63) is 60.2 Å². The van der Waals surface area contributed by atoms with Crippen molar-refractivity contribution in [2.24, 2.45) is 0 Å². The van der Waals surface area contributed by atoms with E-state index in [9.17, 15) is 4.79 Å². The predicted octanol–water partition coefficient (Wildman–Crippen LogP) is 5.23. The van der Waals surface area contributed by atoms with Crippen molar-refractivity contribution in [2.75, 3.05) is 0 Å². The summed E-state index contributed by atoms with van der Waals surface area (Å²) in [5, 5.41) is 0. The molecule has 1 aromatic carbocycles. The van der Waals surface area contributed by atoms with E-state index in [0.29, 0.717) is 12.2 Å². The third-order valence-electron chi connectivity index (χ3n) is 3.74. The van der Waals surface area contributed by atoms with Crippen LogP contribution in [0.1, 0.15) is 52.0 Å². The summed E-state index contributed by atoms with van der Waals surface area (Å²) in [6.07, 6.45) is 11.4. The van der Waals surface area contributed by atoms with E-state index in [1.807, 2.05) is 44.2 Å². The summed E-state index contributed by atoms with van der Waals surface area (Å²) >= 11 is 0. The number of Topliss-reactive ketones (excluding diaryl/α,β-unsaturated/α-hetero) is 1. The van der Waals surface area contributed by atoms with Crippen molar-refractivity contribution in [1.29, 1.82) is 0 Å². The van der Waals surface area contributed by atoms with Gasteiger partial charge < -0.3 is 0 Å². The number of benzene rings is 1. The summed E-state index contributed by atoms with van der Waals surface area (Å²) in [6, 6.07) is 10.2. The molecule has 0 atom stereocenters. The number of carbonyl (C=O) groups excluding carboxylic acids is 1. The van der Waals surface area contributed by atoms with Gasteiger partial charge in [-0.3, -0.25) is 4.79 Å². The molecule has 0 saturated carbocycles. The SMILES string of the molecule is C/C=C/CC(C/C=C/C)(C(=O)CCC)c1ccccc1. The van der Waals surface area contributed by atoms with Gasteiger partial charge in [-0.2, -0.15) is 0 Å². The Morgan fingerprint density at radius 3 is 2.05 bits per heavy atom.